The van der Waals surface area contributed by atoms with Crippen LogP contribution in [0.25, 0.3) is 0 Å². The van der Waals surface area contributed by atoms with Crippen LogP contribution in [0.1, 0.15) is 26.1 Å². The Labute approximate surface area is 167 Å². The minimum absolute atomic E-state index is 0.0555. The summed E-state index contributed by atoms with van der Waals surface area (Å²) in [5, 5.41) is 5.78. The first-order valence-corrected chi connectivity index (χ1v) is 11.8. The molecule has 3 rings (SSSR count). The Morgan fingerprint density at radius 1 is 1.04 bits per heavy atom. The maximum Gasteiger partial charge on any atom is 0.225 e. The summed E-state index contributed by atoms with van der Waals surface area (Å²) in [4.78, 5) is 14.2. The average Bonchev–Trinajstić information content (AvgIpc) is 3.31. The summed E-state index contributed by atoms with van der Waals surface area (Å²) in [5.41, 5.74) is 1.98. The van der Waals surface area contributed by atoms with Crippen molar-refractivity contribution in [3.05, 3.63) is 74.1 Å². The van der Waals surface area contributed by atoms with Crippen LogP contribution in [-0.4, -0.2) is 20.9 Å². The van der Waals surface area contributed by atoms with E-state index in [1.165, 1.54) is 22.7 Å². The van der Waals surface area contributed by atoms with Crippen LogP contribution in [0, 0.1) is 13.8 Å². The molecule has 7 heteroatoms. The number of hydrogen-bond donors (Lipinski definition) is 1. The summed E-state index contributed by atoms with van der Waals surface area (Å²) in [6.45, 7) is 3.91. The summed E-state index contributed by atoms with van der Waals surface area (Å²) in [7, 11) is -3.62. The van der Waals surface area contributed by atoms with Gasteiger partial charge in [0.15, 0.2) is 9.84 Å². The van der Waals surface area contributed by atoms with Crippen LogP contribution in [0.2, 0.25) is 0 Å². The van der Waals surface area contributed by atoms with E-state index in [2.05, 4.69) is 5.32 Å². The molecular formula is C20H21NO3S3. The summed E-state index contributed by atoms with van der Waals surface area (Å²) >= 11 is 2.90. The van der Waals surface area contributed by atoms with Crippen molar-refractivity contribution in [3.8, 4) is 0 Å². The van der Waals surface area contributed by atoms with Crippen LogP contribution in [-0.2, 0) is 21.1 Å². The summed E-state index contributed by atoms with van der Waals surface area (Å²) in [6, 6.07) is 12.6. The molecule has 0 aliphatic heterocycles. The SMILES string of the molecule is Cc1ccc(S(=O)(=O)[C@@H](CNC(=O)Cc2cccs2)c2cccs2)cc1C. The molecular weight excluding hydrogens is 398 g/mol. The minimum Gasteiger partial charge on any atom is -0.354 e. The van der Waals surface area contributed by atoms with E-state index >= 15 is 0 Å². The second-order valence-electron chi connectivity index (χ2n) is 6.36. The van der Waals surface area contributed by atoms with Gasteiger partial charge in [-0.3, -0.25) is 4.79 Å². The van der Waals surface area contributed by atoms with Gasteiger partial charge >= 0.3 is 0 Å². The number of thiophene rings is 2. The summed E-state index contributed by atoms with van der Waals surface area (Å²) in [6.07, 6.45) is 0.262. The number of hydrogen-bond acceptors (Lipinski definition) is 5. The van der Waals surface area contributed by atoms with Gasteiger partial charge in [0.2, 0.25) is 5.91 Å². The molecule has 0 fully saturated rings. The second kappa shape index (κ2) is 8.37. The first kappa shape index (κ1) is 19.8. The molecule has 2 aromatic heterocycles. The number of rotatable bonds is 7. The molecule has 0 bridgehead atoms. The largest absolute Gasteiger partial charge is 0.354 e. The van der Waals surface area contributed by atoms with Crippen LogP contribution in [0.3, 0.4) is 0 Å². The molecule has 142 valence electrons. The van der Waals surface area contributed by atoms with Gasteiger partial charge in [-0.1, -0.05) is 18.2 Å². The number of aryl methyl sites for hydroxylation is 2. The normalized spacial score (nSPS) is 12.7. The molecule has 0 saturated heterocycles. The van der Waals surface area contributed by atoms with E-state index in [1.807, 2.05) is 48.9 Å². The fourth-order valence-electron chi connectivity index (χ4n) is 2.73. The smallest absolute Gasteiger partial charge is 0.225 e. The van der Waals surface area contributed by atoms with Crippen LogP contribution < -0.4 is 5.32 Å². The van der Waals surface area contributed by atoms with Gasteiger partial charge in [-0.15, -0.1) is 22.7 Å². The quantitative estimate of drug-likeness (QED) is 0.621. The third-order valence-corrected chi connectivity index (χ3v) is 8.53. The molecule has 0 aliphatic carbocycles. The standard InChI is InChI=1S/C20H21NO3S3/c1-14-7-8-17(11-15(14)2)27(23,24)19(18-6-4-10-26-18)13-21-20(22)12-16-5-3-9-25-16/h3-11,19H,12-13H2,1-2H3,(H,21,22)/t19-/m0/s1. The van der Waals surface area contributed by atoms with Crippen molar-refractivity contribution in [3.63, 3.8) is 0 Å². The highest BCUT2D eigenvalue weighted by molar-refractivity contribution is 7.91. The van der Waals surface area contributed by atoms with Crippen molar-refractivity contribution in [1.29, 1.82) is 0 Å². The monoisotopic (exact) mass is 419 g/mol. The molecule has 0 spiro atoms. The molecule has 1 amide bonds. The third-order valence-electron chi connectivity index (χ3n) is 4.44. The van der Waals surface area contributed by atoms with E-state index in [-0.39, 0.29) is 23.8 Å². The van der Waals surface area contributed by atoms with Gasteiger partial charge in [-0.2, -0.15) is 0 Å². The fraction of sp³-hybridized carbons (Fsp3) is 0.250. The zero-order valence-electron chi connectivity index (χ0n) is 15.1. The highest BCUT2D eigenvalue weighted by atomic mass is 32.2. The Morgan fingerprint density at radius 3 is 2.41 bits per heavy atom. The van der Waals surface area contributed by atoms with Crippen molar-refractivity contribution < 1.29 is 13.2 Å². The molecule has 27 heavy (non-hydrogen) atoms. The predicted molar refractivity (Wildman–Crippen MR) is 111 cm³/mol. The molecule has 1 N–H and O–H groups in total. The van der Waals surface area contributed by atoms with E-state index in [1.54, 1.807) is 18.2 Å². The van der Waals surface area contributed by atoms with Gasteiger partial charge in [0.1, 0.15) is 5.25 Å². The second-order valence-corrected chi connectivity index (χ2v) is 10.5. The van der Waals surface area contributed by atoms with Crippen molar-refractivity contribution in [2.45, 2.75) is 30.4 Å². The zero-order chi connectivity index (χ0) is 19.4. The van der Waals surface area contributed by atoms with Crippen molar-refractivity contribution in [2.24, 2.45) is 0 Å². The summed E-state index contributed by atoms with van der Waals surface area (Å²) in [5.74, 6) is -0.172. The zero-order valence-corrected chi connectivity index (χ0v) is 17.6. The summed E-state index contributed by atoms with van der Waals surface area (Å²) < 4.78 is 26.6. The molecule has 1 atom stereocenters. The molecule has 0 radical (unpaired) electrons. The Balaban J connectivity index is 1.83. The Kier molecular flexibility index (Phi) is 6.14. The molecule has 4 nitrogen and oxygen atoms in total. The molecule has 3 aromatic rings. The van der Waals surface area contributed by atoms with Gasteiger partial charge in [0.05, 0.1) is 11.3 Å². The average molecular weight is 420 g/mol. The number of sulfone groups is 1. The van der Waals surface area contributed by atoms with Crippen LogP contribution in [0.15, 0.2) is 58.1 Å². The van der Waals surface area contributed by atoms with Crippen molar-refractivity contribution >= 4 is 38.4 Å². The molecule has 0 aliphatic rings. The number of nitrogens with one attached hydrogen (secondary N) is 1. The number of benzene rings is 1. The third kappa shape index (κ3) is 4.66. The number of carbonyl (C=O) groups is 1. The fourth-order valence-corrected chi connectivity index (χ4v) is 6.30. The van der Waals surface area contributed by atoms with E-state index in [4.69, 9.17) is 0 Å². The van der Waals surface area contributed by atoms with E-state index in [9.17, 15) is 13.2 Å². The van der Waals surface area contributed by atoms with Crippen LogP contribution >= 0.6 is 22.7 Å². The number of amides is 1. The van der Waals surface area contributed by atoms with E-state index < -0.39 is 15.1 Å². The molecule has 0 saturated carbocycles. The molecule has 1 aromatic carbocycles. The maximum absolute atomic E-state index is 13.3. The van der Waals surface area contributed by atoms with Crippen LogP contribution in [0.4, 0.5) is 0 Å². The highest BCUT2D eigenvalue weighted by Gasteiger charge is 2.30. The Hall–Kier alpha value is -1.96. The lowest BCUT2D eigenvalue weighted by molar-refractivity contribution is -0.120. The Bertz CT molecular complexity index is 1010. The minimum atomic E-state index is -3.62. The first-order valence-electron chi connectivity index (χ1n) is 8.51. The van der Waals surface area contributed by atoms with E-state index in [0.717, 1.165) is 20.9 Å². The topological polar surface area (TPSA) is 63.2 Å². The maximum atomic E-state index is 13.3. The molecule has 0 unspecified atom stereocenters. The van der Waals surface area contributed by atoms with Gasteiger partial charge in [0, 0.05) is 16.3 Å². The molecule has 2 heterocycles. The van der Waals surface area contributed by atoms with Crippen LogP contribution in [0.5, 0.6) is 0 Å². The Morgan fingerprint density at radius 2 is 1.78 bits per heavy atom. The lowest BCUT2D eigenvalue weighted by atomic mass is 10.1. The van der Waals surface area contributed by atoms with Gasteiger partial charge in [-0.05, 0) is 60.0 Å². The van der Waals surface area contributed by atoms with Crippen molar-refractivity contribution in [1.82, 2.24) is 5.32 Å². The van der Waals surface area contributed by atoms with Gasteiger partial charge in [-0.25, -0.2) is 8.42 Å². The lowest BCUT2D eigenvalue weighted by Gasteiger charge is -2.18. The van der Waals surface area contributed by atoms with E-state index in [0.29, 0.717) is 0 Å². The van der Waals surface area contributed by atoms with Gasteiger partial charge in [0.25, 0.3) is 0 Å². The highest BCUT2D eigenvalue weighted by Crippen LogP contribution is 2.32. The first-order chi connectivity index (χ1) is 12.9. The lowest BCUT2D eigenvalue weighted by Crippen LogP contribution is -2.32. The predicted octanol–water partition coefficient (Wildman–Crippen LogP) is 4.30. The van der Waals surface area contributed by atoms with Gasteiger partial charge < -0.3 is 5.32 Å². The number of carbonyl (C=O) groups excluding carboxylic acids is 1. The van der Waals surface area contributed by atoms with Crippen molar-refractivity contribution in [2.75, 3.05) is 6.54 Å².